The standard InChI is InChI=1S/C4H10NO2P/c1-5(2,3)8-4(6)7/h8H,1-3H3/p+1. The van der Waals surface area contributed by atoms with Crippen LogP contribution in [-0.2, 0) is 0 Å². The Morgan fingerprint density at radius 3 is 1.88 bits per heavy atom. The van der Waals surface area contributed by atoms with Crippen LogP contribution < -0.4 is 0 Å². The second-order valence-electron chi connectivity index (χ2n) is 2.43. The third kappa shape index (κ3) is 5.86. The predicted molar refractivity (Wildman–Crippen MR) is 34.4 cm³/mol. The molecule has 0 spiro atoms. The van der Waals surface area contributed by atoms with Crippen molar-refractivity contribution in [3.05, 3.63) is 0 Å². The molecular formula is C4H11NO2P+. The Labute approximate surface area is 50.7 Å². The molecule has 4 heteroatoms. The van der Waals surface area contributed by atoms with Crippen LogP contribution in [0.25, 0.3) is 0 Å². The molecule has 0 amide bonds. The normalized spacial score (nSPS) is 12.9. The molecule has 0 aliphatic rings. The van der Waals surface area contributed by atoms with Gasteiger partial charge in [0.15, 0.2) is 0 Å². The summed E-state index contributed by atoms with van der Waals surface area (Å²) in [6, 6.07) is 0. The fourth-order valence-corrected chi connectivity index (χ4v) is 0.861. The van der Waals surface area contributed by atoms with E-state index in [1.165, 1.54) is 0 Å². The quantitative estimate of drug-likeness (QED) is 0.574. The highest BCUT2D eigenvalue weighted by Gasteiger charge is 2.12. The van der Waals surface area contributed by atoms with Crippen LogP contribution in [0.2, 0.25) is 0 Å². The molecule has 0 fully saturated rings. The summed E-state index contributed by atoms with van der Waals surface area (Å²) in [5, 5.41) is 8.25. The van der Waals surface area contributed by atoms with Crippen molar-refractivity contribution in [2.75, 3.05) is 21.1 Å². The van der Waals surface area contributed by atoms with E-state index in [-0.39, 0.29) is 8.73 Å². The summed E-state index contributed by atoms with van der Waals surface area (Å²) in [6.07, 6.45) is 0. The van der Waals surface area contributed by atoms with Crippen LogP contribution in [0.1, 0.15) is 0 Å². The van der Waals surface area contributed by atoms with Crippen molar-refractivity contribution in [2.45, 2.75) is 0 Å². The highest BCUT2D eigenvalue weighted by molar-refractivity contribution is 7.51. The van der Waals surface area contributed by atoms with E-state index in [2.05, 4.69) is 0 Å². The summed E-state index contributed by atoms with van der Waals surface area (Å²) in [7, 11) is 5.51. The summed E-state index contributed by atoms with van der Waals surface area (Å²) in [6.45, 7) is 0. The molecule has 0 heterocycles. The Bertz CT molecular complexity index is 96.7. The van der Waals surface area contributed by atoms with E-state index in [0.29, 0.717) is 4.25 Å². The summed E-state index contributed by atoms with van der Waals surface area (Å²) < 4.78 is 0.509. The maximum Gasteiger partial charge on any atom is 0.381 e. The highest BCUT2D eigenvalue weighted by Crippen LogP contribution is 2.20. The first kappa shape index (κ1) is 7.86. The molecule has 1 N–H and O–H groups in total. The molecule has 0 aromatic carbocycles. The van der Waals surface area contributed by atoms with Crippen molar-refractivity contribution >= 4 is 14.4 Å². The van der Waals surface area contributed by atoms with Gasteiger partial charge in [-0.15, -0.1) is 0 Å². The monoisotopic (exact) mass is 136 g/mol. The maximum atomic E-state index is 10.0. The molecule has 48 valence electrons. The first-order valence-electron chi connectivity index (χ1n) is 2.24. The van der Waals surface area contributed by atoms with Crippen molar-refractivity contribution in [3.8, 4) is 0 Å². The molecule has 0 rings (SSSR count). The van der Waals surface area contributed by atoms with Crippen LogP contribution in [0.4, 0.5) is 4.79 Å². The number of quaternary nitrogens is 1. The van der Waals surface area contributed by atoms with E-state index >= 15 is 0 Å². The molecule has 0 saturated heterocycles. The van der Waals surface area contributed by atoms with Gasteiger partial charge >= 0.3 is 5.71 Å². The van der Waals surface area contributed by atoms with Crippen LogP contribution >= 0.6 is 8.73 Å². The smallest absolute Gasteiger partial charge is 0.381 e. The average molecular weight is 136 g/mol. The summed E-state index contributed by atoms with van der Waals surface area (Å²) in [5.41, 5.74) is -0.725. The fraction of sp³-hybridized carbons (Fsp3) is 0.750. The molecule has 0 saturated carbocycles. The first-order valence-corrected chi connectivity index (χ1v) is 3.19. The molecule has 0 aliphatic carbocycles. The van der Waals surface area contributed by atoms with E-state index in [9.17, 15) is 4.79 Å². The lowest BCUT2D eigenvalue weighted by atomic mass is 11.0. The van der Waals surface area contributed by atoms with E-state index in [0.717, 1.165) is 0 Å². The largest absolute Gasteiger partial charge is 0.474 e. The summed E-state index contributed by atoms with van der Waals surface area (Å²) >= 11 is 0. The van der Waals surface area contributed by atoms with Gasteiger partial charge in [-0.05, 0) is 0 Å². The lowest BCUT2D eigenvalue weighted by Gasteiger charge is -2.19. The van der Waals surface area contributed by atoms with Crippen LogP contribution in [0.15, 0.2) is 0 Å². The Hall–Kier alpha value is -0.140. The Morgan fingerprint density at radius 2 is 1.88 bits per heavy atom. The van der Waals surface area contributed by atoms with Crippen molar-refractivity contribution < 1.29 is 14.2 Å². The van der Waals surface area contributed by atoms with Gasteiger partial charge in [0.05, 0.1) is 21.1 Å². The third-order valence-electron chi connectivity index (χ3n) is 0.431. The van der Waals surface area contributed by atoms with Gasteiger partial charge in [0.25, 0.3) is 0 Å². The number of carbonyl (C=O) groups is 1. The zero-order valence-electron chi connectivity index (χ0n) is 5.30. The van der Waals surface area contributed by atoms with Crippen molar-refractivity contribution in [1.82, 2.24) is 0 Å². The zero-order chi connectivity index (χ0) is 6.78. The molecule has 1 unspecified atom stereocenters. The molecule has 0 radical (unpaired) electrons. The minimum atomic E-state index is -0.725. The summed E-state index contributed by atoms with van der Waals surface area (Å²) in [4.78, 5) is 10.0. The lowest BCUT2D eigenvalue weighted by molar-refractivity contribution is -0.734. The second-order valence-corrected chi connectivity index (χ2v) is 4.42. The zero-order valence-corrected chi connectivity index (χ0v) is 6.30. The summed E-state index contributed by atoms with van der Waals surface area (Å²) in [5.74, 6) is 0. The second kappa shape index (κ2) is 2.42. The highest BCUT2D eigenvalue weighted by atomic mass is 31.1. The van der Waals surface area contributed by atoms with Crippen molar-refractivity contribution in [3.63, 3.8) is 0 Å². The van der Waals surface area contributed by atoms with Gasteiger partial charge in [-0.2, -0.15) is 0 Å². The minimum absolute atomic E-state index is 0.0478. The Balaban J connectivity index is 3.55. The van der Waals surface area contributed by atoms with Crippen molar-refractivity contribution in [1.29, 1.82) is 0 Å². The van der Waals surface area contributed by atoms with Crippen LogP contribution in [0.3, 0.4) is 0 Å². The van der Waals surface area contributed by atoms with E-state index in [4.69, 9.17) is 5.11 Å². The van der Waals surface area contributed by atoms with Crippen molar-refractivity contribution in [2.24, 2.45) is 0 Å². The van der Waals surface area contributed by atoms with E-state index < -0.39 is 5.71 Å². The van der Waals surface area contributed by atoms with E-state index in [1.807, 2.05) is 21.1 Å². The average Bonchev–Trinajstić information content (AvgIpc) is 1.21. The Morgan fingerprint density at radius 1 is 1.50 bits per heavy atom. The molecule has 0 aliphatic heterocycles. The molecule has 1 atom stereocenters. The number of nitrogens with zero attached hydrogens (tertiary/aromatic N) is 1. The van der Waals surface area contributed by atoms with Gasteiger partial charge in [0, 0.05) is 0 Å². The Kier molecular flexibility index (Phi) is 2.38. The maximum absolute atomic E-state index is 10.0. The van der Waals surface area contributed by atoms with Crippen LogP contribution in [0.5, 0.6) is 0 Å². The number of rotatable bonds is 2. The number of hydrogen-bond acceptors (Lipinski definition) is 1. The SMILES string of the molecule is C[N+](C)(C)PC(=O)O. The van der Waals surface area contributed by atoms with Crippen LogP contribution in [-0.4, -0.2) is 36.2 Å². The molecule has 3 nitrogen and oxygen atoms in total. The number of hydrogen-bond donors (Lipinski definition) is 1. The van der Waals surface area contributed by atoms with E-state index in [1.54, 1.807) is 0 Å². The van der Waals surface area contributed by atoms with Gasteiger partial charge in [-0.25, -0.2) is 4.79 Å². The van der Waals surface area contributed by atoms with Gasteiger partial charge < -0.3 is 9.36 Å². The predicted octanol–water partition coefficient (Wildman–Crippen LogP) is 0.964. The topological polar surface area (TPSA) is 37.3 Å². The fourth-order valence-electron chi connectivity index (χ4n) is 0.287. The third-order valence-corrected chi connectivity index (χ3v) is 1.29. The van der Waals surface area contributed by atoms with Gasteiger partial charge in [0.1, 0.15) is 0 Å². The van der Waals surface area contributed by atoms with Gasteiger partial charge in [-0.3, -0.25) is 0 Å². The van der Waals surface area contributed by atoms with Gasteiger partial charge in [-0.1, -0.05) is 0 Å². The molecule has 0 aromatic rings. The minimum Gasteiger partial charge on any atom is -0.474 e. The lowest BCUT2D eigenvalue weighted by Crippen LogP contribution is -2.24. The van der Waals surface area contributed by atoms with Gasteiger partial charge in [0.2, 0.25) is 8.73 Å². The number of carboxylic acid groups (broad SMARTS) is 1. The molecule has 8 heavy (non-hydrogen) atoms. The first-order chi connectivity index (χ1) is 3.42. The molecule has 0 aromatic heterocycles. The molecule has 0 bridgehead atoms. The van der Waals surface area contributed by atoms with Crippen LogP contribution in [0, 0.1) is 0 Å². The molecular weight excluding hydrogens is 125 g/mol.